The van der Waals surface area contributed by atoms with Gasteiger partial charge in [-0.15, -0.1) is 0 Å². The van der Waals surface area contributed by atoms with Crippen molar-refractivity contribution in [1.29, 1.82) is 0 Å². The van der Waals surface area contributed by atoms with E-state index >= 15 is 0 Å². The summed E-state index contributed by atoms with van der Waals surface area (Å²) in [5.41, 5.74) is 0.531. The molecule has 9 heteroatoms. The maximum absolute atomic E-state index is 12.4. The molecule has 0 spiro atoms. The fourth-order valence-corrected chi connectivity index (χ4v) is 3.79. The van der Waals surface area contributed by atoms with Gasteiger partial charge in [0, 0.05) is 25.6 Å². The lowest BCUT2D eigenvalue weighted by Gasteiger charge is -2.27. The van der Waals surface area contributed by atoms with Crippen LogP contribution in [0, 0.1) is 0 Å². The summed E-state index contributed by atoms with van der Waals surface area (Å²) in [7, 11) is 3.07. The van der Waals surface area contributed by atoms with Crippen LogP contribution in [0.5, 0.6) is 11.5 Å². The van der Waals surface area contributed by atoms with E-state index in [0.717, 1.165) is 0 Å². The van der Waals surface area contributed by atoms with E-state index in [4.69, 9.17) is 14.2 Å². The number of ether oxygens (including phenoxy) is 3. The number of benzene rings is 1. The molecule has 26 heavy (non-hydrogen) atoms. The largest absolute Gasteiger partial charge is 0.497 e. The van der Waals surface area contributed by atoms with Crippen molar-refractivity contribution >= 4 is 34.4 Å². The molecule has 0 unspecified atom stereocenters. The van der Waals surface area contributed by atoms with Gasteiger partial charge < -0.3 is 24.4 Å². The van der Waals surface area contributed by atoms with Crippen molar-refractivity contribution in [3.05, 3.63) is 18.2 Å². The molecule has 1 aromatic rings. The second kappa shape index (κ2) is 8.41. The molecule has 1 saturated heterocycles. The summed E-state index contributed by atoms with van der Waals surface area (Å²) < 4.78 is 15.7. The molecule has 1 fully saturated rings. The number of thioether (sulfide) groups is 1. The summed E-state index contributed by atoms with van der Waals surface area (Å²) in [5, 5.41) is 2.96. The Morgan fingerprint density at radius 1 is 1.35 bits per heavy atom. The molecule has 3 rings (SSSR count). The highest BCUT2D eigenvalue weighted by atomic mass is 32.2. The van der Waals surface area contributed by atoms with Gasteiger partial charge in [0.1, 0.15) is 16.7 Å². The van der Waals surface area contributed by atoms with Crippen LogP contribution in [0.1, 0.15) is 6.42 Å². The van der Waals surface area contributed by atoms with Gasteiger partial charge in [-0.25, -0.2) is 0 Å². The van der Waals surface area contributed by atoms with Crippen molar-refractivity contribution in [3.8, 4) is 11.5 Å². The number of carbonyl (C=O) groups is 2. The minimum absolute atomic E-state index is 0.0516. The lowest BCUT2D eigenvalue weighted by atomic mass is 10.2. The van der Waals surface area contributed by atoms with Gasteiger partial charge >= 0.3 is 0 Å². The molecule has 2 heterocycles. The number of carbonyl (C=O) groups excluding carboxylic acids is 2. The highest BCUT2D eigenvalue weighted by molar-refractivity contribution is 8.15. The first-order valence-corrected chi connectivity index (χ1v) is 9.12. The van der Waals surface area contributed by atoms with E-state index in [0.29, 0.717) is 48.7 Å². The Bertz CT molecular complexity index is 718. The predicted molar refractivity (Wildman–Crippen MR) is 99.0 cm³/mol. The second-order valence-electron chi connectivity index (χ2n) is 5.76. The average Bonchev–Trinajstić information content (AvgIpc) is 3.03. The monoisotopic (exact) mass is 379 g/mol. The van der Waals surface area contributed by atoms with E-state index in [2.05, 4.69) is 10.3 Å². The Labute approximate surface area is 155 Å². The van der Waals surface area contributed by atoms with E-state index in [1.54, 1.807) is 25.3 Å². The van der Waals surface area contributed by atoms with E-state index < -0.39 is 5.25 Å². The van der Waals surface area contributed by atoms with Crippen LogP contribution in [0.2, 0.25) is 0 Å². The third-order valence-electron chi connectivity index (χ3n) is 4.06. The van der Waals surface area contributed by atoms with Crippen molar-refractivity contribution in [2.24, 2.45) is 4.99 Å². The highest BCUT2D eigenvalue weighted by Crippen LogP contribution is 2.31. The Kier molecular flexibility index (Phi) is 6.00. The first kappa shape index (κ1) is 18.5. The number of methoxy groups -OCH3 is 2. The van der Waals surface area contributed by atoms with Gasteiger partial charge in [0.25, 0.3) is 5.91 Å². The van der Waals surface area contributed by atoms with Crippen molar-refractivity contribution in [3.63, 3.8) is 0 Å². The lowest BCUT2D eigenvalue weighted by molar-refractivity contribution is -0.121. The van der Waals surface area contributed by atoms with Crippen molar-refractivity contribution in [2.75, 3.05) is 45.8 Å². The number of rotatable bonds is 5. The van der Waals surface area contributed by atoms with Crippen LogP contribution in [0.15, 0.2) is 23.2 Å². The SMILES string of the molecule is COc1ccc(NC(=O)C[C@H]2SC(N3CCOCC3)=NC2=O)c(OC)c1. The molecule has 2 amide bonds. The lowest BCUT2D eigenvalue weighted by Crippen LogP contribution is -2.39. The number of morpholine rings is 1. The van der Waals surface area contributed by atoms with Gasteiger partial charge in [-0.1, -0.05) is 11.8 Å². The fourth-order valence-electron chi connectivity index (χ4n) is 2.67. The zero-order valence-electron chi connectivity index (χ0n) is 14.7. The normalized spacial score (nSPS) is 19.9. The summed E-state index contributed by atoms with van der Waals surface area (Å²) in [5.74, 6) is 0.587. The fraction of sp³-hybridized carbons (Fsp3) is 0.471. The number of hydrogen-bond acceptors (Lipinski definition) is 7. The first-order valence-electron chi connectivity index (χ1n) is 8.24. The summed E-state index contributed by atoms with van der Waals surface area (Å²) in [6, 6.07) is 5.12. The molecule has 0 saturated carbocycles. The van der Waals surface area contributed by atoms with Crippen molar-refractivity contribution in [1.82, 2.24) is 4.90 Å². The van der Waals surface area contributed by atoms with Crippen LogP contribution in [0.4, 0.5) is 5.69 Å². The predicted octanol–water partition coefficient (Wildman–Crippen LogP) is 1.36. The van der Waals surface area contributed by atoms with Crippen LogP contribution in [0.25, 0.3) is 0 Å². The maximum Gasteiger partial charge on any atom is 0.262 e. The third kappa shape index (κ3) is 4.28. The molecular formula is C17H21N3O5S. The van der Waals surface area contributed by atoms with Crippen LogP contribution < -0.4 is 14.8 Å². The second-order valence-corrected chi connectivity index (χ2v) is 6.93. The molecule has 1 N–H and O–H groups in total. The van der Waals surface area contributed by atoms with Gasteiger partial charge in [0.15, 0.2) is 5.17 Å². The topological polar surface area (TPSA) is 89.5 Å². The molecule has 140 valence electrons. The van der Waals surface area contributed by atoms with Gasteiger partial charge in [0.05, 0.1) is 33.1 Å². The molecular weight excluding hydrogens is 358 g/mol. The van der Waals surface area contributed by atoms with E-state index in [1.165, 1.54) is 18.9 Å². The maximum atomic E-state index is 12.4. The smallest absolute Gasteiger partial charge is 0.262 e. The van der Waals surface area contributed by atoms with E-state index in [1.807, 2.05) is 4.90 Å². The third-order valence-corrected chi connectivity index (χ3v) is 5.28. The number of amides is 2. The Hall–Kier alpha value is -2.26. The molecule has 2 aliphatic heterocycles. The number of nitrogens with zero attached hydrogens (tertiary/aromatic N) is 2. The average molecular weight is 379 g/mol. The molecule has 0 aromatic heterocycles. The van der Waals surface area contributed by atoms with Crippen LogP contribution in [-0.2, 0) is 14.3 Å². The molecule has 1 aromatic carbocycles. The first-order chi connectivity index (χ1) is 12.6. The molecule has 0 radical (unpaired) electrons. The van der Waals surface area contributed by atoms with Gasteiger partial charge in [0.2, 0.25) is 5.91 Å². The molecule has 2 aliphatic rings. The minimum Gasteiger partial charge on any atom is -0.497 e. The Morgan fingerprint density at radius 2 is 2.12 bits per heavy atom. The zero-order valence-corrected chi connectivity index (χ0v) is 15.5. The quantitative estimate of drug-likeness (QED) is 0.826. The van der Waals surface area contributed by atoms with Gasteiger partial charge in [-0.3, -0.25) is 9.59 Å². The summed E-state index contributed by atoms with van der Waals surface area (Å²) in [6.45, 7) is 2.66. The number of hydrogen-bond donors (Lipinski definition) is 1. The zero-order chi connectivity index (χ0) is 18.5. The van der Waals surface area contributed by atoms with Crippen LogP contribution in [-0.4, -0.2) is 67.7 Å². The Balaban J connectivity index is 1.58. The molecule has 0 aliphatic carbocycles. The molecule has 8 nitrogen and oxygen atoms in total. The molecule has 1 atom stereocenters. The number of aliphatic imine (C=N–C) groups is 1. The van der Waals surface area contributed by atoms with Crippen molar-refractivity contribution < 1.29 is 23.8 Å². The summed E-state index contributed by atoms with van der Waals surface area (Å²) >= 11 is 1.34. The van der Waals surface area contributed by atoms with E-state index in [-0.39, 0.29) is 18.2 Å². The van der Waals surface area contributed by atoms with E-state index in [9.17, 15) is 9.59 Å². The van der Waals surface area contributed by atoms with Gasteiger partial charge in [-0.05, 0) is 12.1 Å². The summed E-state index contributed by atoms with van der Waals surface area (Å²) in [4.78, 5) is 30.6. The minimum atomic E-state index is -0.503. The number of anilines is 1. The standard InChI is InChI=1S/C17H21N3O5S/c1-23-11-3-4-12(13(9-11)24-2)18-15(21)10-14-16(22)19-17(26-14)20-5-7-25-8-6-20/h3-4,9,14H,5-8,10H2,1-2H3,(H,18,21)/t14-/m1/s1. The molecule has 0 bridgehead atoms. The Morgan fingerprint density at radius 3 is 2.81 bits per heavy atom. The van der Waals surface area contributed by atoms with Crippen LogP contribution >= 0.6 is 11.8 Å². The highest BCUT2D eigenvalue weighted by Gasteiger charge is 2.33. The van der Waals surface area contributed by atoms with Gasteiger partial charge in [-0.2, -0.15) is 4.99 Å². The van der Waals surface area contributed by atoms with Crippen LogP contribution in [0.3, 0.4) is 0 Å². The number of nitrogens with one attached hydrogen (secondary N) is 1. The number of amidine groups is 1. The summed E-state index contributed by atoms with van der Waals surface area (Å²) in [6.07, 6.45) is 0.0516. The van der Waals surface area contributed by atoms with Crippen molar-refractivity contribution in [2.45, 2.75) is 11.7 Å².